The minimum absolute atomic E-state index is 0.0952. The molecule has 0 bridgehead atoms. The van der Waals surface area contributed by atoms with Gasteiger partial charge in [0.05, 0.1) is 43.6 Å². The molecule has 0 saturated carbocycles. The van der Waals surface area contributed by atoms with E-state index in [9.17, 15) is 0 Å². The van der Waals surface area contributed by atoms with Gasteiger partial charge < -0.3 is 0 Å². The van der Waals surface area contributed by atoms with Gasteiger partial charge in [-0.15, -0.1) is 0 Å². The van der Waals surface area contributed by atoms with E-state index in [1.807, 2.05) is 35.3 Å². The van der Waals surface area contributed by atoms with Crippen molar-refractivity contribution in [3.05, 3.63) is 457 Å². The van der Waals surface area contributed by atoms with Crippen LogP contribution in [-0.4, -0.2) is 0 Å². The van der Waals surface area contributed by atoms with Crippen LogP contribution in [0, 0.1) is 41.5 Å². The Balaban J connectivity index is 0.000000136. The van der Waals surface area contributed by atoms with Crippen molar-refractivity contribution in [3.8, 4) is 0 Å². The molecule has 16 aromatic rings. The van der Waals surface area contributed by atoms with E-state index >= 15 is 0 Å². The van der Waals surface area contributed by atoms with Gasteiger partial charge in [-0.3, -0.25) is 0 Å². The van der Waals surface area contributed by atoms with Crippen LogP contribution >= 0.6 is 47.0 Å². The van der Waals surface area contributed by atoms with E-state index in [2.05, 4.69) is 496 Å². The molecule has 0 aliphatic carbocycles. The summed E-state index contributed by atoms with van der Waals surface area (Å²) in [5, 5.41) is 0. The van der Waals surface area contributed by atoms with Gasteiger partial charge in [-0.1, -0.05) is 292 Å². The Morgan fingerprint density at radius 1 is 0.144 bits per heavy atom. The van der Waals surface area contributed by atoms with E-state index in [1.165, 1.54) is 142 Å². The minimum atomic E-state index is -0.114. The maximum absolute atomic E-state index is 2.31. The molecule has 0 nitrogen and oxygen atoms in total. The molecule has 0 aromatic heterocycles. The first-order valence-corrected chi connectivity index (χ1v) is 48.2. The standard InChI is InChI=1S/C29H29S2.C28H27S2.C27H25S2.C26H23S2/c1-22-10-18-27(19-11-22)31(26-8-6-5-7-9-26)28-20-16-25(17-21-28)30-24-14-12-23(13-15-24)29(2,3)4;1-28(2,3)22-14-18-26(19-15-22)30(25-12-8-5-9-13-25)27-20-16-24(17-21-27)29-23-10-6-4-7-11-23;1-20-4-10-23(11-5-20)28-24-12-18-27(19-13-24)29(25-14-6-21(2)7-15-25)26-16-8-22(3)9-17-26;1-20-8-14-24(15-9-20)28(25-16-10-21(2)11-17-25)26-18-12-23(13-19-26)27-22-6-4-3-5-7-22/h5-21H,1-4H3;4-21H,1-3H3;4-19H,1-3H3;3-19H,1-2H3/q4*+1. The van der Waals surface area contributed by atoms with Gasteiger partial charge in [-0.2, -0.15) is 0 Å². The zero-order valence-electron chi connectivity index (χ0n) is 69.5. The molecule has 2 atom stereocenters. The lowest BCUT2D eigenvalue weighted by Crippen LogP contribution is -2.11. The average molecular weight is 1680 g/mol. The normalized spacial score (nSPS) is 11.8. The molecule has 16 aromatic carbocycles. The topological polar surface area (TPSA) is 0 Å². The van der Waals surface area contributed by atoms with Gasteiger partial charge in [0.1, 0.15) is 0 Å². The molecule has 0 N–H and O–H groups in total. The van der Waals surface area contributed by atoms with Crippen molar-refractivity contribution in [1.29, 1.82) is 0 Å². The fourth-order valence-corrected chi connectivity index (χ4v) is 24.4. The van der Waals surface area contributed by atoms with Gasteiger partial charge in [0.15, 0.2) is 58.7 Å². The molecule has 118 heavy (non-hydrogen) atoms. The van der Waals surface area contributed by atoms with Crippen molar-refractivity contribution in [2.75, 3.05) is 0 Å². The lowest BCUT2D eigenvalue weighted by atomic mass is 9.87. The molecule has 0 amide bonds. The lowest BCUT2D eigenvalue weighted by Gasteiger charge is -2.19. The number of hydrogen-bond donors (Lipinski definition) is 0. The summed E-state index contributed by atoms with van der Waals surface area (Å²) in [5.41, 5.74) is 10.9. The van der Waals surface area contributed by atoms with Gasteiger partial charge in [0, 0.05) is 39.2 Å². The molecule has 0 spiro atoms. The van der Waals surface area contributed by atoms with Crippen molar-refractivity contribution in [3.63, 3.8) is 0 Å². The molecule has 2 unspecified atom stereocenters. The highest BCUT2D eigenvalue weighted by Crippen LogP contribution is 2.41. The Hall–Kier alpha value is -9.68. The Bertz CT molecular complexity index is 5610. The second-order valence-corrected chi connectivity index (χ2v) is 43.9. The molecular weight excluding hydrogens is 1580 g/mol. The van der Waals surface area contributed by atoms with Crippen LogP contribution in [0.4, 0.5) is 0 Å². The van der Waals surface area contributed by atoms with Gasteiger partial charge in [-0.25, -0.2) is 0 Å². The van der Waals surface area contributed by atoms with Crippen LogP contribution in [0.5, 0.6) is 0 Å². The molecule has 8 heteroatoms. The Kier molecular flexibility index (Phi) is 30.5. The first-order valence-electron chi connectivity index (χ1n) is 40.1. The van der Waals surface area contributed by atoms with Crippen LogP contribution in [-0.2, 0) is 54.4 Å². The smallest absolute Gasteiger partial charge is 0.0901 e. The first-order chi connectivity index (χ1) is 57.2. The quantitative estimate of drug-likeness (QED) is 0.0697. The monoisotopic (exact) mass is 1680 g/mol. The summed E-state index contributed by atoms with van der Waals surface area (Å²) in [7, 11) is -0.407. The van der Waals surface area contributed by atoms with Crippen LogP contribution in [0.2, 0.25) is 0 Å². The Labute approximate surface area is 732 Å². The summed E-state index contributed by atoms with van der Waals surface area (Å²) in [5.74, 6) is 0. The third kappa shape index (κ3) is 24.7. The Morgan fingerprint density at radius 3 is 0.466 bits per heavy atom. The summed E-state index contributed by atoms with van der Waals surface area (Å²) in [6.07, 6.45) is 0. The zero-order valence-corrected chi connectivity index (χ0v) is 76.1. The van der Waals surface area contributed by atoms with Crippen molar-refractivity contribution in [2.45, 2.75) is 192 Å². The summed E-state index contributed by atoms with van der Waals surface area (Å²) < 4.78 is 0. The van der Waals surface area contributed by atoms with Crippen LogP contribution in [0.3, 0.4) is 0 Å². The summed E-state index contributed by atoms with van der Waals surface area (Å²) >= 11 is 7.25. The predicted molar refractivity (Wildman–Crippen MR) is 514 cm³/mol. The van der Waals surface area contributed by atoms with Gasteiger partial charge in [0.25, 0.3) is 0 Å². The largest absolute Gasteiger partial charge is 0.166 e. The van der Waals surface area contributed by atoms with Crippen LogP contribution in [0.1, 0.15) is 86.1 Å². The minimum Gasteiger partial charge on any atom is -0.0901 e. The molecule has 0 heterocycles. The van der Waals surface area contributed by atoms with Gasteiger partial charge in [-0.05, 0) is 306 Å². The van der Waals surface area contributed by atoms with E-state index in [0.29, 0.717) is 0 Å². The highest BCUT2D eigenvalue weighted by molar-refractivity contribution is 8.00. The van der Waals surface area contributed by atoms with Crippen molar-refractivity contribution in [2.24, 2.45) is 0 Å². The highest BCUT2D eigenvalue weighted by Gasteiger charge is 2.33. The predicted octanol–water partition coefficient (Wildman–Crippen LogP) is 32.2. The fourth-order valence-electron chi connectivity index (χ4n) is 12.9. The molecule has 0 aliphatic rings. The average Bonchev–Trinajstić information content (AvgIpc) is 0.819. The highest BCUT2D eigenvalue weighted by atomic mass is 32.2. The van der Waals surface area contributed by atoms with E-state index in [0.717, 1.165) is 0 Å². The van der Waals surface area contributed by atoms with Crippen molar-refractivity contribution >= 4 is 90.6 Å². The fraction of sp³-hybridized carbons (Fsp3) is 0.127. The van der Waals surface area contributed by atoms with Crippen molar-refractivity contribution in [1.82, 2.24) is 0 Å². The number of hydrogen-bond acceptors (Lipinski definition) is 4. The number of rotatable bonds is 20. The summed E-state index contributed by atoms with van der Waals surface area (Å²) in [6, 6.07) is 151. The molecule has 0 aliphatic heterocycles. The zero-order chi connectivity index (χ0) is 82.4. The maximum atomic E-state index is 2.31. The van der Waals surface area contributed by atoms with E-state index < -0.39 is 0 Å². The van der Waals surface area contributed by atoms with Crippen LogP contribution in [0.25, 0.3) is 0 Å². The molecule has 16 rings (SSSR count). The van der Waals surface area contributed by atoms with Crippen LogP contribution in [0.15, 0.2) is 510 Å². The van der Waals surface area contributed by atoms with Crippen molar-refractivity contribution < 1.29 is 0 Å². The number of aryl methyl sites for hydroxylation is 6. The second kappa shape index (κ2) is 41.8. The first kappa shape index (κ1) is 86.2. The molecule has 0 saturated heterocycles. The molecule has 0 radical (unpaired) electrons. The third-order valence-corrected chi connectivity index (χ3v) is 32.6. The van der Waals surface area contributed by atoms with E-state index in [1.54, 1.807) is 11.8 Å². The molecule has 0 fully saturated rings. The van der Waals surface area contributed by atoms with Gasteiger partial charge in [0.2, 0.25) is 0 Å². The summed E-state index contributed by atoms with van der Waals surface area (Å²) in [4.78, 5) is 26.4. The summed E-state index contributed by atoms with van der Waals surface area (Å²) in [6.45, 7) is 26.4. The van der Waals surface area contributed by atoms with Crippen LogP contribution < -0.4 is 0 Å². The van der Waals surface area contributed by atoms with Gasteiger partial charge >= 0.3 is 0 Å². The lowest BCUT2D eigenvalue weighted by molar-refractivity contribution is 0.589. The number of benzene rings is 16. The maximum Gasteiger partial charge on any atom is 0.166 e. The second-order valence-electron chi connectivity index (χ2n) is 31.2. The van der Waals surface area contributed by atoms with E-state index in [-0.39, 0.29) is 54.4 Å². The third-order valence-electron chi connectivity index (χ3n) is 19.6. The SMILES string of the molecule is CC(C)(C)c1ccc([S+](c2ccccc2)c2ccc(Sc3ccccc3)cc2)cc1.Cc1ccc(Sc2ccc([S+](c3ccc(C)cc3)c3ccc(C)cc3)cc2)cc1.Cc1ccc([S+](c2ccc(C)cc2)c2ccc(Sc3ccccc3)cc2)cc1.Cc1ccc([S+](c2ccccc2)c2ccc(Sc3ccc(C(C)(C)C)cc3)cc2)cc1. The molecule has 588 valence electrons. The van der Waals surface area contributed by atoms with E-state index in [4.69, 9.17) is 0 Å². The Morgan fingerprint density at radius 2 is 0.271 bits per heavy atom. The molecular formula is C110H104S8+4.